The van der Waals surface area contributed by atoms with E-state index < -0.39 is 0 Å². The molecular weight excluding hydrogens is 346 g/mol. The van der Waals surface area contributed by atoms with Crippen LogP contribution in [0.4, 0.5) is 5.69 Å². The topological polar surface area (TPSA) is 86.5 Å². The zero-order valence-electron chi connectivity index (χ0n) is 15.3. The highest BCUT2D eigenvalue weighted by Crippen LogP contribution is 2.25. The zero-order chi connectivity index (χ0) is 19.1. The second kappa shape index (κ2) is 8.84. The van der Waals surface area contributed by atoms with Gasteiger partial charge in [0.05, 0.1) is 12.3 Å². The Morgan fingerprint density at radius 1 is 1.07 bits per heavy atom. The van der Waals surface area contributed by atoms with Gasteiger partial charge in [0.15, 0.2) is 6.61 Å². The number of para-hydroxylation sites is 1. The Morgan fingerprint density at radius 3 is 2.44 bits per heavy atom. The Hall–Kier alpha value is -3.35. The van der Waals surface area contributed by atoms with Gasteiger partial charge in [0.1, 0.15) is 11.5 Å². The molecule has 0 aliphatic carbocycles. The summed E-state index contributed by atoms with van der Waals surface area (Å²) in [6, 6.07) is 14.4. The lowest BCUT2D eigenvalue weighted by Crippen LogP contribution is -2.20. The number of aromatic nitrogens is 2. The van der Waals surface area contributed by atoms with E-state index in [0.29, 0.717) is 35.3 Å². The molecule has 3 rings (SSSR count). The summed E-state index contributed by atoms with van der Waals surface area (Å²) in [5, 5.41) is 6.71. The molecule has 0 fully saturated rings. The van der Waals surface area contributed by atoms with Crippen LogP contribution in [0, 0.1) is 6.92 Å². The van der Waals surface area contributed by atoms with E-state index in [1.165, 1.54) is 0 Å². The van der Waals surface area contributed by atoms with Crippen molar-refractivity contribution < 1.29 is 18.8 Å². The van der Waals surface area contributed by atoms with Gasteiger partial charge in [0, 0.05) is 12.5 Å². The van der Waals surface area contributed by atoms with Crippen molar-refractivity contribution >= 4 is 11.6 Å². The van der Waals surface area contributed by atoms with Crippen LogP contribution in [-0.4, -0.2) is 29.3 Å². The fourth-order valence-corrected chi connectivity index (χ4v) is 2.38. The van der Waals surface area contributed by atoms with Crippen LogP contribution >= 0.6 is 0 Å². The highest BCUT2D eigenvalue weighted by atomic mass is 16.5. The normalized spacial score (nSPS) is 10.4. The van der Waals surface area contributed by atoms with Crippen LogP contribution in [0.2, 0.25) is 0 Å². The van der Waals surface area contributed by atoms with Crippen molar-refractivity contribution in [2.45, 2.75) is 20.3 Å². The molecule has 140 valence electrons. The Kier molecular flexibility index (Phi) is 6.04. The molecule has 7 heteroatoms. The molecule has 0 radical (unpaired) electrons. The van der Waals surface area contributed by atoms with Gasteiger partial charge in [0.2, 0.25) is 11.7 Å². The number of aryl methyl sites for hydroxylation is 1. The van der Waals surface area contributed by atoms with Crippen LogP contribution < -0.4 is 14.8 Å². The predicted molar refractivity (Wildman–Crippen MR) is 101 cm³/mol. The van der Waals surface area contributed by atoms with E-state index in [4.69, 9.17) is 14.0 Å². The van der Waals surface area contributed by atoms with Gasteiger partial charge in [0.25, 0.3) is 5.91 Å². The second-order valence-corrected chi connectivity index (χ2v) is 5.84. The maximum absolute atomic E-state index is 12.3. The van der Waals surface area contributed by atoms with Crippen LogP contribution in [0.5, 0.6) is 11.5 Å². The monoisotopic (exact) mass is 367 g/mol. The summed E-state index contributed by atoms with van der Waals surface area (Å²) < 4.78 is 16.1. The summed E-state index contributed by atoms with van der Waals surface area (Å²) in [7, 11) is 0. The van der Waals surface area contributed by atoms with E-state index in [2.05, 4.69) is 15.5 Å². The Morgan fingerprint density at radius 2 is 1.78 bits per heavy atom. The molecule has 0 saturated carbocycles. The highest BCUT2D eigenvalue weighted by Gasteiger charge is 2.13. The van der Waals surface area contributed by atoms with Crippen molar-refractivity contribution in [2.24, 2.45) is 0 Å². The average molecular weight is 367 g/mol. The van der Waals surface area contributed by atoms with Gasteiger partial charge in [-0.15, -0.1) is 0 Å². The third-order valence-electron chi connectivity index (χ3n) is 3.64. The Labute approximate surface area is 157 Å². The summed E-state index contributed by atoms with van der Waals surface area (Å²) in [5.41, 5.74) is 1.27. The molecule has 7 nitrogen and oxygen atoms in total. The quantitative estimate of drug-likeness (QED) is 0.651. The van der Waals surface area contributed by atoms with Gasteiger partial charge in [-0.05, 0) is 42.8 Å². The largest absolute Gasteiger partial charge is 0.494 e. The number of rotatable bonds is 8. The number of benzene rings is 2. The summed E-state index contributed by atoms with van der Waals surface area (Å²) in [6.07, 6.45) is 0.948. The number of nitrogens with zero attached hydrogens (tertiary/aromatic N) is 2. The molecule has 1 amide bonds. The van der Waals surface area contributed by atoms with Gasteiger partial charge in [-0.25, -0.2) is 0 Å². The maximum Gasteiger partial charge on any atom is 0.262 e. The molecule has 3 aromatic rings. The van der Waals surface area contributed by atoms with Crippen LogP contribution in [-0.2, 0) is 4.79 Å². The molecular formula is C20H21N3O4. The number of carbonyl (C=O) groups is 1. The molecule has 1 aromatic heterocycles. The summed E-state index contributed by atoms with van der Waals surface area (Å²) in [6.45, 7) is 4.31. The first-order valence-corrected chi connectivity index (χ1v) is 8.71. The van der Waals surface area contributed by atoms with Crippen LogP contribution in [0.3, 0.4) is 0 Å². The molecule has 1 heterocycles. The number of ether oxygens (including phenoxy) is 2. The number of carbonyl (C=O) groups excluding carboxylic acids is 1. The minimum atomic E-state index is -0.283. The first kappa shape index (κ1) is 18.4. The predicted octanol–water partition coefficient (Wildman–Crippen LogP) is 3.85. The molecule has 0 spiro atoms. The number of hydrogen-bond acceptors (Lipinski definition) is 6. The van der Waals surface area contributed by atoms with Crippen molar-refractivity contribution in [3.63, 3.8) is 0 Å². The van der Waals surface area contributed by atoms with E-state index in [0.717, 1.165) is 12.2 Å². The summed E-state index contributed by atoms with van der Waals surface area (Å²) >= 11 is 0. The first-order chi connectivity index (χ1) is 13.2. The van der Waals surface area contributed by atoms with Crippen LogP contribution in [0.25, 0.3) is 11.4 Å². The third-order valence-corrected chi connectivity index (χ3v) is 3.64. The Balaban J connectivity index is 1.58. The van der Waals surface area contributed by atoms with E-state index in [9.17, 15) is 4.79 Å². The minimum absolute atomic E-state index is 0.116. The van der Waals surface area contributed by atoms with Gasteiger partial charge < -0.3 is 19.3 Å². The number of nitrogens with one attached hydrogen (secondary N) is 1. The number of amides is 1. The number of hydrogen-bond donors (Lipinski definition) is 1. The third kappa shape index (κ3) is 5.07. The van der Waals surface area contributed by atoms with Crippen molar-refractivity contribution in [1.29, 1.82) is 0 Å². The van der Waals surface area contributed by atoms with Gasteiger partial charge in [-0.1, -0.05) is 24.2 Å². The second-order valence-electron chi connectivity index (χ2n) is 5.84. The van der Waals surface area contributed by atoms with Crippen LogP contribution in [0.1, 0.15) is 19.2 Å². The van der Waals surface area contributed by atoms with Crippen molar-refractivity contribution in [1.82, 2.24) is 10.1 Å². The van der Waals surface area contributed by atoms with E-state index in [-0.39, 0.29) is 12.5 Å². The molecule has 27 heavy (non-hydrogen) atoms. The van der Waals surface area contributed by atoms with Crippen molar-refractivity contribution in [3.8, 4) is 22.9 Å². The molecule has 0 saturated heterocycles. The van der Waals surface area contributed by atoms with Crippen molar-refractivity contribution in [3.05, 3.63) is 54.4 Å². The molecule has 0 aliphatic heterocycles. The van der Waals surface area contributed by atoms with E-state index >= 15 is 0 Å². The first-order valence-electron chi connectivity index (χ1n) is 8.71. The average Bonchev–Trinajstić information content (AvgIpc) is 3.12. The smallest absolute Gasteiger partial charge is 0.262 e. The molecule has 0 bridgehead atoms. The van der Waals surface area contributed by atoms with Crippen molar-refractivity contribution in [2.75, 3.05) is 18.5 Å². The lowest BCUT2D eigenvalue weighted by atomic mass is 10.1. The van der Waals surface area contributed by atoms with E-state index in [1.54, 1.807) is 25.1 Å². The van der Waals surface area contributed by atoms with Gasteiger partial charge in [-0.2, -0.15) is 4.98 Å². The maximum atomic E-state index is 12.3. The Bertz CT molecular complexity index is 890. The molecule has 0 aliphatic rings. The van der Waals surface area contributed by atoms with Crippen LogP contribution in [0.15, 0.2) is 53.1 Å². The lowest BCUT2D eigenvalue weighted by molar-refractivity contribution is -0.118. The zero-order valence-corrected chi connectivity index (χ0v) is 15.3. The standard InChI is InChI=1S/C20H21N3O4/c1-3-12-25-15-8-10-16(11-9-15)26-13-19(24)22-18-7-5-4-6-17(18)20-21-14(2)27-23-20/h4-11H,3,12-13H2,1-2H3,(H,22,24). The molecule has 0 unspecified atom stereocenters. The molecule has 0 atom stereocenters. The SMILES string of the molecule is CCCOc1ccc(OCC(=O)Nc2ccccc2-c2noc(C)n2)cc1. The lowest BCUT2D eigenvalue weighted by Gasteiger charge is -2.10. The highest BCUT2D eigenvalue weighted by molar-refractivity contribution is 5.95. The number of anilines is 1. The molecule has 2 aromatic carbocycles. The van der Waals surface area contributed by atoms with Gasteiger partial charge >= 0.3 is 0 Å². The fraction of sp³-hybridized carbons (Fsp3) is 0.250. The minimum Gasteiger partial charge on any atom is -0.494 e. The molecule has 1 N–H and O–H groups in total. The van der Waals surface area contributed by atoms with E-state index in [1.807, 2.05) is 37.3 Å². The summed E-state index contributed by atoms with van der Waals surface area (Å²) in [5.74, 6) is 1.97. The fourth-order valence-electron chi connectivity index (χ4n) is 2.38. The summed E-state index contributed by atoms with van der Waals surface area (Å²) in [4.78, 5) is 16.5. The van der Waals surface area contributed by atoms with Gasteiger partial charge in [-0.3, -0.25) is 4.79 Å².